The van der Waals surface area contributed by atoms with Crippen LogP contribution in [0, 0.1) is 6.92 Å². The fourth-order valence-electron chi connectivity index (χ4n) is 3.13. The van der Waals surface area contributed by atoms with Gasteiger partial charge in [-0.25, -0.2) is 0 Å². The number of anilines is 1. The van der Waals surface area contributed by atoms with Crippen molar-refractivity contribution in [3.05, 3.63) is 29.8 Å². The van der Waals surface area contributed by atoms with Gasteiger partial charge in [-0.15, -0.1) is 0 Å². The summed E-state index contributed by atoms with van der Waals surface area (Å²) >= 11 is 0. The topological polar surface area (TPSA) is 30.5 Å². The van der Waals surface area contributed by atoms with E-state index >= 15 is 0 Å². The van der Waals surface area contributed by atoms with Gasteiger partial charge in [-0.05, 0) is 44.7 Å². The van der Waals surface area contributed by atoms with E-state index in [9.17, 15) is 0 Å². The summed E-state index contributed by atoms with van der Waals surface area (Å²) in [5.41, 5.74) is 2.59. The number of ether oxygens (including phenoxy) is 2. The van der Waals surface area contributed by atoms with Gasteiger partial charge in [0.2, 0.25) is 0 Å². The molecule has 1 atom stereocenters. The minimum atomic E-state index is 0.0683. The molecule has 2 aliphatic rings. The highest BCUT2D eigenvalue weighted by Gasteiger charge is 2.38. The molecule has 1 N–H and O–H groups in total. The zero-order valence-electron chi connectivity index (χ0n) is 11.7. The zero-order chi connectivity index (χ0) is 13.1. The molecule has 1 unspecified atom stereocenters. The summed E-state index contributed by atoms with van der Waals surface area (Å²) < 4.78 is 11.5. The van der Waals surface area contributed by atoms with Gasteiger partial charge in [-0.1, -0.05) is 17.7 Å². The minimum absolute atomic E-state index is 0.0683. The molecule has 3 heteroatoms. The fourth-order valence-corrected chi connectivity index (χ4v) is 3.13. The van der Waals surface area contributed by atoms with Crippen molar-refractivity contribution in [1.82, 2.24) is 0 Å². The summed E-state index contributed by atoms with van der Waals surface area (Å²) in [6.07, 6.45) is 4.28. The summed E-state index contributed by atoms with van der Waals surface area (Å²) in [4.78, 5) is 0. The molecule has 1 aromatic rings. The van der Waals surface area contributed by atoms with Gasteiger partial charge in [-0.2, -0.15) is 0 Å². The van der Waals surface area contributed by atoms with Crippen molar-refractivity contribution in [3.8, 4) is 0 Å². The quantitative estimate of drug-likeness (QED) is 0.887. The Morgan fingerprint density at radius 3 is 2.58 bits per heavy atom. The van der Waals surface area contributed by atoms with Gasteiger partial charge in [0.1, 0.15) is 0 Å². The van der Waals surface area contributed by atoms with E-state index in [2.05, 4.69) is 36.5 Å². The normalized spacial score (nSPS) is 26.3. The largest absolute Gasteiger partial charge is 0.382 e. The molecule has 0 amide bonds. The molecular formula is C16H23NO2. The Kier molecular flexibility index (Phi) is 3.76. The number of nitrogens with one attached hydrogen (secondary N) is 1. The Labute approximate surface area is 115 Å². The molecule has 104 valence electrons. The summed E-state index contributed by atoms with van der Waals surface area (Å²) in [7, 11) is 0. The third-order valence-corrected chi connectivity index (χ3v) is 4.32. The molecule has 1 aromatic carbocycles. The first-order valence-electron chi connectivity index (χ1n) is 7.31. The van der Waals surface area contributed by atoms with Crippen molar-refractivity contribution >= 4 is 5.69 Å². The molecule has 2 fully saturated rings. The van der Waals surface area contributed by atoms with Crippen molar-refractivity contribution in [2.75, 3.05) is 25.1 Å². The second kappa shape index (κ2) is 5.51. The highest BCUT2D eigenvalue weighted by molar-refractivity contribution is 5.45. The lowest BCUT2D eigenvalue weighted by Gasteiger charge is -2.43. The maximum atomic E-state index is 6.07. The van der Waals surface area contributed by atoms with Gasteiger partial charge in [0.15, 0.2) is 0 Å². The Hall–Kier alpha value is -1.06. The van der Waals surface area contributed by atoms with Crippen molar-refractivity contribution in [3.63, 3.8) is 0 Å². The van der Waals surface area contributed by atoms with Crippen LogP contribution in [0.3, 0.4) is 0 Å². The first kappa shape index (κ1) is 12.9. The van der Waals surface area contributed by atoms with Crippen LogP contribution in [0.5, 0.6) is 0 Å². The fraction of sp³-hybridized carbons (Fsp3) is 0.625. The Balaban J connectivity index is 1.63. The van der Waals surface area contributed by atoms with Crippen LogP contribution < -0.4 is 5.32 Å². The van der Waals surface area contributed by atoms with Gasteiger partial charge in [0.05, 0.1) is 5.60 Å². The first-order valence-corrected chi connectivity index (χ1v) is 7.31. The average molecular weight is 261 g/mol. The van der Waals surface area contributed by atoms with Crippen LogP contribution in [0.25, 0.3) is 0 Å². The molecule has 0 saturated carbocycles. The molecule has 3 nitrogen and oxygen atoms in total. The number of hydrogen-bond acceptors (Lipinski definition) is 3. The van der Waals surface area contributed by atoms with E-state index in [4.69, 9.17) is 9.47 Å². The number of benzene rings is 1. The molecule has 2 heterocycles. The lowest BCUT2D eigenvalue weighted by molar-refractivity contribution is -0.135. The SMILES string of the molecule is Cc1ccc(NC2CCOC3(CCOCC3)C2)cc1. The van der Waals surface area contributed by atoms with Gasteiger partial charge in [-0.3, -0.25) is 0 Å². The summed E-state index contributed by atoms with van der Waals surface area (Å²) in [6, 6.07) is 9.18. The maximum absolute atomic E-state index is 6.07. The van der Waals surface area contributed by atoms with E-state index in [0.29, 0.717) is 6.04 Å². The van der Waals surface area contributed by atoms with Crippen LogP contribution in [-0.2, 0) is 9.47 Å². The molecule has 2 saturated heterocycles. The highest BCUT2D eigenvalue weighted by atomic mass is 16.5. The molecule has 0 radical (unpaired) electrons. The summed E-state index contributed by atoms with van der Waals surface area (Å²) in [6.45, 7) is 4.67. The lowest BCUT2D eigenvalue weighted by Crippen LogP contribution is -2.47. The van der Waals surface area contributed by atoms with Crippen LogP contribution in [-0.4, -0.2) is 31.5 Å². The predicted molar refractivity (Wildman–Crippen MR) is 76.6 cm³/mol. The van der Waals surface area contributed by atoms with E-state index in [-0.39, 0.29) is 5.60 Å². The van der Waals surface area contributed by atoms with Crippen LogP contribution in [0.1, 0.15) is 31.2 Å². The molecule has 0 aromatic heterocycles. The van der Waals surface area contributed by atoms with Crippen molar-refractivity contribution in [2.24, 2.45) is 0 Å². The standard InChI is InChI=1S/C16H23NO2/c1-13-2-4-14(5-3-13)17-15-6-9-19-16(12-15)7-10-18-11-8-16/h2-5,15,17H,6-12H2,1H3. The van der Waals surface area contributed by atoms with Gasteiger partial charge in [0, 0.05) is 31.5 Å². The van der Waals surface area contributed by atoms with E-state index in [1.165, 1.54) is 11.3 Å². The Morgan fingerprint density at radius 1 is 1.11 bits per heavy atom. The zero-order valence-corrected chi connectivity index (χ0v) is 11.7. The molecular weight excluding hydrogens is 238 g/mol. The smallest absolute Gasteiger partial charge is 0.0745 e. The Bertz CT molecular complexity index is 404. The maximum Gasteiger partial charge on any atom is 0.0745 e. The minimum Gasteiger partial charge on any atom is -0.382 e. The van der Waals surface area contributed by atoms with E-state index in [0.717, 1.165) is 45.5 Å². The number of hydrogen-bond donors (Lipinski definition) is 1. The summed E-state index contributed by atoms with van der Waals surface area (Å²) in [5, 5.41) is 3.66. The predicted octanol–water partition coefficient (Wildman–Crippen LogP) is 3.14. The molecule has 1 spiro atoms. The molecule has 0 bridgehead atoms. The number of aryl methyl sites for hydroxylation is 1. The molecule has 2 aliphatic heterocycles. The van der Waals surface area contributed by atoms with Gasteiger partial charge >= 0.3 is 0 Å². The van der Waals surface area contributed by atoms with Crippen LogP contribution in [0.2, 0.25) is 0 Å². The monoisotopic (exact) mass is 261 g/mol. The third kappa shape index (κ3) is 3.10. The van der Waals surface area contributed by atoms with Gasteiger partial charge < -0.3 is 14.8 Å². The second-order valence-electron chi connectivity index (χ2n) is 5.84. The molecule has 19 heavy (non-hydrogen) atoms. The van der Waals surface area contributed by atoms with Crippen LogP contribution >= 0.6 is 0 Å². The average Bonchev–Trinajstić information content (AvgIpc) is 2.42. The van der Waals surface area contributed by atoms with E-state index in [1.54, 1.807) is 0 Å². The van der Waals surface area contributed by atoms with E-state index in [1.807, 2.05) is 0 Å². The molecule has 0 aliphatic carbocycles. The third-order valence-electron chi connectivity index (χ3n) is 4.32. The second-order valence-corrected chi connectivity index (χ2v) is 5.84. The lowest BCUT2D eigenvalue weighted by atomic mass is 9.84. The first-order chi connectivity index (χ1) is 9.26. The van der Waals surface area contributed by atoms with Crippen molar-refractivity contribution < 1.29 is 9.47 Å². The molecule has 3 rings (SSSR count). The van der Waals surface area contributed by atoms with Gasteiger partial charge in [0.25, 0.3) is 0 Å². The Morgan fingerprint density at radius 2 is 1.84 bits per heavy atom. The van der Waals surface area contributed by atoms with Crippen LogP contribution in [0.15, 0.2) is 24.3 Å². The van der Waals surface area contributed by atoms with Crippen molar-refractivity contribution in [2.45, 2.75) is 44.2 Å². The number of rotatable bonds is 2. The van der Waals surface area contributed by atoms with Crippen LogP contribution in [0.4, 0.5) is 5.69 Å². The van der Waals surface area contributed by atoms with Crippen molar-refractivity contribution in [1.29, 1.82) is 0 Å². The van der Waals surface area contributed by atoms with E-state index < -0.39 is 0 Å². The summed E-state index contributed by atoms with van der Waals surface area (Å²) in [5.74, 6) is 0. The highest BCUT2D eigenvalue weighted by Crippen LogP contribution is 2.35.